The second-order valence-electron chi connectivity index (χ2n) is 8.58. The highest BCUT2D eigenvalue weighted by Gasteiger charge is 2.33. The number of benzene rings is 1. The van der Waals surface area contributed by atoms with Crippen LogP contribution in [-0.4, -0.2) is 64.7 Å². The monoisotopic (exact) mass is 459 g/mol. The Balaban J connectivity index is 1.87. The molecule has 1 saturated heterocycles. The van der Waals surface area contributed by atoms with Crippen molar-refractivity contribution in [2.75, 3.05) is 30.9 Å². The van der Waals surface area contributed by atoms with Crippen LogP contribution in [0.3, 0.4) is 0 Å². The molecule has 1 fully saturated rings. The summed E-state index contributed by atoms with van der Waals surface area (Å²) in [5.41, 5.74) is 0. The van der Waals surface area contributed by atoms with E-state index >= 15 is 0 Å². The van der Waals surface area contributed by atoms with E-state index in [1.54, 1.807) is 24.3 Å². The molecule has 172 valence electrons. The molecule has 0 spiro atoms. The third-order valence-electron chi connectivity index (χ3n) is 5.87. The molecule has 1 aliphatic rings. The van der Waals surface area contributed by atoms with Crippen molar-refractivity contribution < 1.29 is 21.6 Å². The molecule has 0 bridgehead atoms. The fourth-order valence-electron chi connectivity index (χ4n) is 4.32. The van der Waals surface area contributed by atoms with Crippen molar-refractivity contribution in [3.05, 3.63) is 24.3 Å². The first-order valence-corrected chi connectivity index (χ1v) is 14.7. The van der Waals surface area contributed by atoms with E-state index in [1.165, 1.54) is 19.3 Å². The van der Waals surface area contributed by atoms with E-state index in [-0.39, 0.29) is 22.8 Å². The van der Waals surface area contributed by atoms with Gasteiger partial charge in [0.2, 0.25) is 0 Å². The first kappa shape index (κ1) is 25.1. The van der Waals surface area contributed by atoms with Crippen LogP contribution in [0.25, 0.3) is 0 Å². The van der Waals surface area contributed by atoms with Gasteiger partial charge in [0.15, 0.2) is 9.84 Å². The van der Waals surface area contributed by atoms with E-state index in [0.717, 1.165) is 19.2 Å². The molecule has 3 unspecified atom stereocenters. The van der Waals surface area contributed by atoms with Crippen molar-refractivity contribution in [3.8, 4) is 5.75 Å². The van der Waals surface area contributed by atoms with Gasteiger partial charge in [-0.25, -0.2) is 16.8 Å². The zero-order valence-corrected chi connectivity index (χ0v) is 20.3. The van der Waals surface area contributed by atoms with Crippen molar-refractivity contribution in [1.82, 2.24) is 4.90 Å². The number of hydrogen-bond acceptors (Lipinski definition) is 6. The lowest BCUT2D eigenvalue weighted by atomic mass is 10.1. The van der Waals surface area contributed by atoms with Crippen molar-refractivity contribution in [2.45, 2.75) is 69.9 Å². The molecular weight excluding hydrogens is 422 g/mol. The normalized spacial score (nSPS) is 21.6. The summed E-state index contributed by atoms with van der Waals surface area (Å²) in [5, 5.41) is 0. The largest absolute Gasteiger partial charge is 0.493 e. The van der Waals surface area contributed by atoms with Crippen LogP contribution in [0.2, 0.25) is 0 Å². The zero-order valence-electron chi connectivity index (χ0n) is 18.7. The van der Waals surface area contributed by atoms with Gasteiger partial charge in [0.1, 0.15) is 15.6 Å². The molecule has 0 amide bonds. The van der Waals surface area contributed by atoms with Crippen LogP contribution in [0, 0.1) is 5.92 Å². The van der Waals surface area contributed by atoms with Crippen molar-refractivity contribution in [3.63, 3.8) is 0 Å². The molecule has 0 aliphatic carbocycles. The van der Waals surface area contributed by atoms with Gasteiger partial charge in [0, 0.05) is 30.8 Å². The minimum absolute atomic E-state index is 0.104. The smallest absolute Gasteiger partial charge is 0.178 e. The van der Waals surface area contributed by atoms with Crippen molar-refractivity contribution >= 4 is 19.7 Å². The lowest BCUT2D eigenvalue weighted by molar-refractivity contribution is 0.164. The summed E-state index contributed by atoms with van der Waals surface area (Å²) in [7, 11) is -6.65. The number of hydrogen-bond donors (Lipinski definition) is 0. The third-order valence-corrected chi connectivity index (χ3v) is 8.72. The average molecular weight is 460 g/mol. The fraction of sp³-hybridized carbons (Fsp3) is 0.727. The Labute approximate surface area is 182 Å². The standard InChI is InChI=1S/C22H37NO5S2/c1-5-8-20(6-2)23-16-19(15-18(23)3)17-28-21-9-11-22(12-10-21)30(26,27)14-7-13-29(4,24)25/h9-12,18-20H,5-8,13-17H2,1-4H3. The summed E-state index contributed by atoms with van der Waals surface area (Å²) in [6, 6.07) is 7.67. The van der Waals surface area contributed by atoms with Crippen molar-refractivity contribution in [2.24, 2.45) is 5.92 Å². The molecule has 30 heavy (non-hydrogen) atoms. The summed E-state index contributed by atoms with van der Waals surface area (Å²) in [6.07, 6.45) is 5.94. The van der Waals surface area contributed by atoms with E-state index in [9.17, 15) is 16.8 Å². The number of likely N-dealkylation sites (tertiary alicyclic amines) is 1. The van der Waals surface area contributed by atoms with E-state index < -0.39 is 19.7 Å². The first-order valence-electron chi connectivity index (χ1n) is 10.9. The second-order valence-corrected chi connectivity index (χ2v) is 13.0. The van der Waals surface area contributed by atoms with Gasteiger partial charge in [-0.3, -0.25) is 4.90 Å². The molecule has 0 radical (unpaired) electrons. The number of ether oxygens (including phenoxy) is 1. The van der Waals surface area contributed by atoms with Gasteiger partial charge in [0.05, 0.1) is 23.0 Å². The highest BCUT2D eigenvalue weighted by Crippen LogP contribution is 2.29. The molecule has 1 aromatic carbocycles. The maximum atomic E-state index is 12.4. The van der Waals surface area contributed by atoms with Gasteiger partial charge < -0.3 is 4.74 Å². The van der Waals surface area contributed by atoms with Gasteiger partial charge in [0.25, 0.3) is 0 Å². The summed E-state index contributed by atoms with van der Waals surface area (Å²) >= 11 is 0. The fourth-order valence-corrected chi connectivity index (χ4v) is 6.49. The summed E-state index contributed by atoms with van der Waals surface area (Å²) in [4.78, 5) is 2.82. The lowest BCUT2D eigenvalue weighted by Gasteiger charge is -2.30. The van der Waals surface area contributed by atoms with Gasteiger partial charge in [-0.1, -0.05) is 20.3 Å². The third kappa shape index (κ3) is 7.54. The Bertz CT molecular complexity index is 865. The maximum absolute atomic E-state index is 12.4. The molecule has 0 N–H and O–H groups in total. The molecule has 1 aliphatic heterocycles. The Kier molecular flexibility index (Phi) is 9.18. The second kappa shape index (κ2) is 11.0. The van der Waals surface area contributed by atoms with Crippen LogP contribution in [0.15, 0.2) is 29.2 Å². The molecule has 8 heteroatoms. The Morgan fingerprint density at radius 2 is 1.77 bits per heavy atom. The van der Waals surface area contributed by atoms with Gasteiger partial charge in [-0.05, 0) is 56.9 Å². The summed E-state index contributed by atoms with van der Waals surface area (Å²) < 4.78 is 53.1. The van der Waals surface area contributed by atoms with Gasteiger partial charge in [-0.2, -0.15) is 0 Å². The highest BCUT2D eigenvalue weighted by molar-refractivity contribution is 7.92. The van der Waals surface area contributed by atoms with Crippen LogP contribution in [0.1, 0.15) is 52.9 Å². The van der Waals surface area contributed by atoms with E-state index in [1.807, 2.05) is 0 Å². The minimum atomic E-state index is -3.49. The molecule has 6 nitrogen and oxygen atoms in total. The quantitative estimate of drug-likeness (QED) is 0.475. The predicted molar refractivity (Wildman–Crippen MR) is 122 cm³/mol. The minimum Gasteiger partial charge on any atom is -0.493 e. The zero-order chi connectivity index (χ0) is 22.4. The highest BCUT2D eigenvalue weighted by atomic mass is 32.2. The van der Waals surface area contributed by atoms with Crippen LogP contribution < -0.4 is 4.74 Å². The molecular formula is C22H37NO5S2. The SMILES string of the molecule is CCCC(CC)N1CC(COc2ccc(S(=O)(=O)CCCS(C)(=O)=O)cc2)CC1C. The Morgan fingerprint density at radius 3 is 2.33 bits per heavy atom. The molecule has 2 rings (SSSR count). The predicted octanol–water partition coefficient (Wildman–Crippen LogP) is 3.56. The summed E-state index contributed by atoms with van der Waals surface area (Å²) in [6.45, 7) is 8.46. The molecule has 3 atom stereocenters. The van der Waals surface area contributed by atoms with Crippen molar-refractivity contribution in [1.29, 1.82) is 0 Å². The Morgan fingerprint density at radius 1 is 1.10 bits per heavy atom. The molecule has 0 saturated carbocycles. The van der Waals surface area contributed by atoms with Gasteiger partial charge in [-0.15, -0.1) is 0 Å². The van der Waals surface area contributed by atoms with Crippen LogP contribution in [0.5, 0.6) is 5.75 Å². The number of sulfone groups is 2. The molecule has 1 aromatic rings. The number of rotatable bonds is 12. The van der Waals surface area contributed by atoms with Gasteiger partial charge >= 0.3 is 0 Å². The van der Waals surface area contributed by atoms with E-state index in [4.69, 9.17) is 4.74 Å². The Hall–Kier alpha value is -1.12. The number of nitrogens with zero attached hydrogens (tertiary/aromatic N) is 1. The van der Waals surface area contributed by atoms with E-state index in [2.05, 4.69) is 25.7 Å². The molecule has 1 heterocycles. The maximum Gasteiger partial charge on any atom is 0.178 e. The van der Waals surface area contributed by atoms with Crippen LogP contribution >= 0.6 is 0 Å². The topological polar surface area (TPSA) is 80.8 Å². The van der Waals surface area contributed by atoms with Crippen LogP contribution in [-0.2, 0) is 19.7 Å². The lowest BCUT2D eigenvalue weighted by Crippen LogP contribution is -2.37. The summed E-state index contributed by atoms with van der Waals surface area (Å²) in [5.74, 6) is 0.843. The van der Waals surface area contributed by atoms with E-state index in [0.29, 0.717) is 30.4 Å². The van der Waals surface area contributed by atoms with Crippen LogP contribution in [0.4, 0.5) is 0 Å². The molecule has 0 aromatic heterocycles. The first-order chi connectivity index (χ1) is 14.1. The average Bonchev–Trinajstić information content (AvgIpc) is 3.04.